The van der Waals surface area contributed by atoms with E-state index in [2.05, 4.69) is 39.6 Å². The van der Waals surface area contributed by atoms with E-state index >= 15 is 0 Å². The molecule has 1 saturated heterocycles. The van der Waals surface area contributed by atoms with Crippen LogP contribution in [-0.4, -0.2) is 48.8 Å². The van der Waals surface area contributed by atoms with Crippen LogP contribution >= 0.6 is 0 Å². The van der Waals surface area contributed by atoms with Gasteiger partial charge in [-0.05, 0) is 37.4 Å². The average Bonchev–Trinajstić information content (AvgIpc) is 2.53. The molecule has 0 unspecified atom stereocenters. The molecule has 1 aromatic rings. The summed E-state index contributed by atoms with van der Waals surface area (Å²) < 4.78 is 0. The predicted octanol–water partition coefficient (Wildman–Crippen LogP) is 1.05. The second-order valence-corrected chi connectivity index (χ2v) is 5.85. The number of nitrogens with one attached hydrogen (secondary N) is 2. The number of hydrogen-bond donors (Lipinski definition) is 2. The Bertz CT molecular complexity index is 452. The van der Waals surface area contributed by atoms with Crippen molar-refractivity contribution in [2.24, 2.45) is 5.92 Å². The molecule has 1 aliphatic rings. The molecule has 6 nitrogen and oxygen atoms in total. The quantitative estimate of drug-likeness (QED) is 0.848. The first-order valence-corrected chi connectivity index (χ1v) is 7.64. The second-order valence-electron chi connectivity index (χ2n) is 5.85. The molecule has 116 valence electrons. The third kappa shape index (κ3) is 4.39. The molecule has 2 N–H and O–H groups in total. The minimum atomic E-state index is -0.201. The van der Waals surface area contributed by atoms with Crippen molar-refractivity contribution in [2.45, 2.75) is 32.7 Å². The van der Waals surface area contributed by atoms with Crippen LogP contribution in [0.15, 0.2) is 12.1 Å². The fourth-order valence-corrected chi connectivity index (χ4v) is 2.51. The summed E-state index contributed by atoms with van der Waals surface area (Å²) in [5.74, 6) is 1.40. The summed E-state index contributed by atoms with van der Waals surface area (Å²) in [7, 11) is 1.59. The lowest BCUT2D eigenvalue weighted by Gasteiger charge is -2.33. The van der Waals surface area contributed by atoms with Gasteiger partial charge in [-0.25, -0.2) is 0 Å². The topological polar surface area (TPSA) is 70.2 Å². The molecule has 0 bridgehead atoms. The van der Waals surface area contributed by atoms with Gasteiger partial charge >= 0.3 is 0 Å². The molecule has 0 saturated carbocycles. The van der Waals surface area contributed by atoms with Gasteiger partial charge in [-0.3, -0.25) is 4.79 Å². The number of aromatic nitrogens is 2. The van der Waals surface area contributed by atoms with E-state index in [-0.39, 0.29) is 5.91 Å². The zero-order valence-corrected chi connectivity index (χ0v) is 13.1. The minimum Gasteiger partial charge on any atom is -0.355 e. The Morgan fingerprint density at radius 3 is 2.57 bits per heavy atom. The highest BCUT2D eigenvalue weighted by atomic mass is 16.1. The molecule has 0 atom stereocenters. The summed E-state index contributed by atoms with van der Waals surface area (Å²) in [6.07, 6.45) is 2.33. The Labute approximate surface area is 126 Å². The molecular weight excluding hydrogens is 266 g/mol. The van der Waals surface area contributed by atoms with E-state index in [1.54, 1.807) is 13.1 Å². The molecule has 2 rings (SSSR count). The van der Waals surface area contributed by atoms with Crippen molar-refractivity contribution in [3.05, 3.63) is 17.8 Å². The molecule has 1 fully saturated rings. The molecule has 2 heterocycles. The van der Waals surface area contributed by atoms with Crippen LogP contribution in [0.2, 0.25) is 0 Å². The number of carbonyl (C=O) groups excluding carboxylic acids is 1. The fraction of sp³-hybridized carbons (Fsp3) is 0.667. The van der Waals surface area contributed by atoms with Crippen molar-refractivity contribution in [3.8, 4) is 0 Å². The number of hydrogen-bond acceptors (Lipinski definition) is 5. The van der Waals surface area contributed by atoms with E-state index < -0.39 is 0 Å². The molecule has 1 amide bonds. The zero-order chi connectivity index (χ0) is 15.2. The van der Waals surface area contributed by atoms with E-state index in [9.17, 15) is 4.79 Å². The maximum Gasteiger partial charge on any atom is 0.271 e. The fourth-order valence-electron chi connectivity index (χ4n) is 2.51. The Morgan fingerprint density at radius 2 is 2.05 bits per heavy atom. The van der Waals surface area contributed by atoms with Gasteiger partial charge in [0, 0.05) is 26.2 Å². The molecule has 0 radical (unpaired) electrons. The highest BCUT2D eigenvalue weighted by Crippen LogP contribution is 2.21. The highest BCUT2D eigenvalue weighted by Gasteiger charge is 2.20. The van der Waals surface area contributed by atoms with Gasteiger partial charge in [-0.1, -0.05) is 13.8 Å². The number of rotatable bonds is 5. The lowest BCUT2D eigenvalue weighted by molar-refractivity contribution is 0.0957. The lowest BCUT2D eigenvalue weighted by atomic mass is 9.96. The second kappa shape index (κ2) is 7.36. The molecule has 0 spiro atoms. The van der Waals surface area contributed by atoms with Gasteiger partial charge in [0.25, 0.3) is 5.91 Å². The highest BCUT2D eigenvalue weighted by molar-refractivity contribution is 5.91. The molecule has 6 heteroatoms. The van der Waals surface area contributed by atoms with Crippen molar-refractivity contribution in [1.82, 2.24) is 20.8 Å². The van der Waals surface area contributed by atoms with Crippen LogP contribution in [0.1, 0.15) is 37.2 Å². The van der Waals surface area contributed by atoms with Crippen LogP contribution in [0.5, 0.6) is 0 Å². The van der Waals surface area contributed by atoms with Crippen molar-refractivity contribution in [2.75, 3.05) is 31.6 Å². The van der Waals surface area contributed by atoms with Crippen LogP contribution in [0.3, 0.4) is 0 Å². The van der Waals surface area contributed by atoms with E-state index in [1.165, 1.54) is 12.8 Å². The van der Waals surface area contributed by atoms with Crippen LogP contribution in [0.25, 0.3) is 0 Å². The summed E-state index contributed by atoms with van der Waals surface area (Å²) in [6.45, 7) is 7.45. The number of anilines is 1. The Morgan fingerprint density at radius 1 is 1.33 bits per heavy atom. The number of nitrogens with zero attached hydrogens (tertiary/aromatic N) is 3. The largest absolute Gasteiger partial charge is 0.355 e. The number of amides is 1. The predicted molar refractivity (Wildman–Crippen MR) is 83.5 cm³/mol. The maximum atomic E-state index is 11.4. The van der Waals surface area contributed by atoms with Crippen LogP contribution < -0.4 is 15.5 Å². The van der Waals surface area contributed by atoms with Crippen LogP contribution in [0.4, 0.5) is 5.82 Å². The normalized spacial score (nSPS) is 16.3. The molecule has 1 aromatic heterocycles. The van der Waals surface area contributed by atoms with Gasteiger partial charge < -0.3 is 15.5 Å². The van der Waals surface area contributed by atoms with Gasteiger partial charge in [-0.15, -0.1) is 10.2 Å². The molecule has 0 aliphatic carbocycles. The summed E-state index contributed by atoms with van der Waals surface area (Å²) >= 11 is 0. The standard InChI is InChI=1S/C15H25N5O/c1-11(2)17-10-12-6-8-20(9-7-12)14-5-4-13(18-19-14)15(21)16-3/h4-5,11-12,17H,6-10H2,1-3H3,(H,16,21). The van der Waals surface area contributed by atoms with Crippen LogP contribution in [-0.2, 0) is 0 Å². The Balaban J connectivity index is 1.86. The first kappa shape index (κ1) is 15.7. The van der Waals surface area contributed by atoms with Crippen molar-refractivity contribution in [1.29, 1.82) is 0 Å². The minimum absolute atomic E-state index is 0.201. The van der Waals surface area contributed by atoms with Crippen molar-refractivity contribution in [3.63, 3.8) is 0 Å². The third-order valence-corrected chi connectivity index (χ3v) is 3.86. The smallest absolute Gasteiger partial charge is 0.271 e. The van der Waals surface area contributed by atoms with E-state index in [4.69, 9.17) is 0 Å². The molecule has 1 aliphatic heterocycles. The summed E-state index contributed by atoms with van der Waals surface area (Å²) in [5, 5.41) is 14.2. The van der Waals surface area contributed by atoms with E-state index in [0.717, 1.165) is 31.4 Å². The molecular formula is C15H25N5O. The summed E-state index contributed by atoms with van der Waals surface area (Å²) in [4.78, 5) is 13.7. The SMILES string of the molecule is CNC(=O)c1ccc(N2CCC(CNC(C)C)CC2)nn1. The number of piperidine rings is 1. The van der Waals surface area contributed by atoms with Gasteiger partial charge in [0.15, 0.2) is 11.5 Å². The number of carbonyl (C=O) groups is 1. The van der Waals surface area contributed by atoms with Crippen molar-refractivity contribution >= 4 is 11.7 Å². The van der Waals surface area contributed by atoms with Gasteiger partial charge in [0.1, 0.15) is 0 Å². The first-order valence-electron chi connectivity index (χ1n) is 7.64. The Hall–Kier alpha value is -1.69. The monoisotopic (exact) mass is 291 g/mol. The van der Waals surface area contributed by atoms with Crippen molar-refractivity contribution < 1.29 is 4.79 Å². The van der Waals surface area contributed by atoms with Gasteiger partial charge in [0.05, 0.1) is 0 Å². The molecule has 0 aromatic carbocycles. The first-order chi connectivity index (χ1) is 10.1. The lowest BCUT2D eigenvalue weighted by Crippen LogP contribution is -2.39. The van der Waals surface area contributed by atoms with Crippen LogP contribution in [0, 0.1) is 5.92 Å². The average molecular weight is 291 g/mol. The molecule has 21 heavy (non-hydrogen) atoms. The van der Waals surface area contributed by atoms with E-state index in [0.29, 0.717) is 11.7 Å². The zero-order valence-electron chi connectivity index (χ0n) is 13.1. The van der Waals surface area contributed by atoms with Gasteiger partial charge in [0.2, 0.25) is 0 Å². The third-order valence-electron chi connectivity index (χ3n) is 3.86. The van der Waals surface area contributed by atoms with E-state index in [1.807, 2.05) is 6.07 Å². The summed E-state index contributed by atoms with van der Waals surface area (Å²) in [6, 6.07) is 4.16. The Kier molecular flexibility index (Phi) is 5.50. The summed E-state index contributed by atoms with van der Waals surface area (Å²) in [5.41, 5.74) is 0.359. The maximum absolute atomic E-state index is 11.4. The van der Waals surface area contributed by atoms with Gasteiger partial charge in [-0.2, -0.15) is 0 Å².